The summed E-state index contributed by atoms with van der Waals surface area (Å²) in [6.45, 7) is 0. The van der Waals surface area contributed by atoms with Gasteiger partial charge in [-0.1, -0.05) is 0 Å². The highest BCUT2D eigenvalue weighted by atomic mass is 16.6. The van der Waals surface area contributed by atoms with E-state index < -0.39 is 21.7 Å². The number of non-ortho nitro benzene ring substituents is 2. The molecule has 1 N–H and O–H groups in total. The highest BCUT2D eigenvalue weighted by molar-refractivity contribution is 6.10. The highest BCUT2D eigenvalue weighted by Crippen LogP contribution is 2.13. The van der Waals surface area contributed by atoms with Crippen LogP contribution < -0.4 is 5.32 Å². The number of nitro groups is 2. The van der Waals surface area contributed by atoms with Crippen LogP contribution in [0.15, 0.2) is 48.5 Å². The molecule has 0 saturated heterocycles. The number of imide groups is 1. The molecule has 2 rings (SSSR count). The second-order valence-corrected chi connectivity index (χ2v) is 4.39. The summed E-state index contributed by atoms with van der Waals surface area (Å²) < 4.78 is 0. The Hall–Kier alpha value is -3.62. The van der Waals surface area contributed by atoms with Gasteiger partial charge in [0.25, 0.3) is 23.2 Å². The third-order valence-corrected chi connectivity index (χ3v) is 2.91. The Balaban J connectivity index is 2.08. The Morgan fingerprint density at radius 2 is 1.00 bits per heavy atom. The van der Waals surface area contributed by atoms with Crippen LogP contribution in [0, 0.1) is 20.2 Å². The third kappa shape index (κ3) is 3.73. The smallest absolute Gasteiger partial charge is 0.269 e. The van der Waals surface area contributed by atoms with Gasteiger partial charge in [-0.3, -0.25) is 35.1 Å². The van der Waals surface area contributed by atoms with Gasteiger partial charge in [0.15, 0.2) is 0 Å². The van der Waals surface area contributed by atoms with Crippen molar-refractivity contribution in [2.75, 3.05) is 0 Å². The molecule has 0 unspecified atom stereocenters. The lowest BCUT2D eigenvalue weighted by molar-refractivity contribution is -0.385. The zero-order valence-corrected chi connectivity index (χ0v) is 11.5. The minimum absolute atomic E-state index is 0.0749. The molecule has 116 valence electrons. The van der Waals surface area contributed by atoms with E-state index in [0.717, 1.165) is 24.3 Å². The Morgan fingerprint density at radius 3 is 1.26 bits per heavy atom. The zero-order chi connectivity index (χ0) is 17.0. The van der Waals surface area contributed by atoms with Gasteiger partial charge in [-0.2, -0.15) is 0 Å². The number of carbonyl (C=O) groups excluding carboxylic acids is 2. The van der Waals surface area contributed by atoms with Crippen molar-refractivity contribution in [2.24, 2.45) is 0 Å². The molecule has 0 aliphatic rings. The van der Waals surface area contributed by atoms with Gasteiger partial charge in [0.05, 0.1) is 9.85 Å². The molecule has 0 bridgehead atoms. The van der Waals surface area contributed by atoms with Gasteiger partial charge < -0.3 is 0 Å². The maximum atomic E-state index is 11.9. The van der Waals surface area contributed by atoms with Crippen LogP contribution in [-0.4, -0.2) is 21.7 Å². The molecule has 0 aromatic heterocycles. The van der Waals surface area contributed by atoms with Crippen LogP contribution in [0.4, 0.5) is 11.4 Å². The van der Waals surface area contributed by atoms with Crippen molar-refractivity contribution in [1.82, 2.24) is 5.32 Å². The lowest BCUT2D eigenvalue weighted by atomic mass is 10.1. The van der Waals surface area contributed by atoms with E-state index in [1.807, 2.05) is 0 Å². The fourth-order valence-corrected chi connectivity index (χ4v) is 1.72. The van der Waals surface area contributed by atoms with E-state index in [2.05, 4.69) is 5.32 Å². The van der Waals surface area contributed by atoms with Gasteiger partial charge in [0, 0.05) is 35.4 Å². The summed E-state index contributed by atoms with van der Waals surface area (Å²) >= 11 is 0. The Kier molecular flexibility index (Phi) is 4.41. The van der Waals surface area contributed by atoms with Gasteiger partial charge >= 0.3 is 0 Å². The van der Waals surface area contributed by atoms with Crippen LogP contribution >= 0.6 is 0 Å². The maximum Gasteiger partial charge on any atom is 0.269 e. The first-order chi connectivity index (χ1) is 10.9. The van der Waals surface area contributed by atoms with Crippen molar-refractivity contribution in [3.63, 3.8) is 0 Å². The van der Waals surface area contributed by atoms with Crippen LogP contribution in [0.5, 0.6) is 0 Å². The van der Waals surface area contributed by atoms with E-state index in [-0.39, 0.29) is 22.5 Å². The molecule has 2 aromatic carbocycles. The molecule has 2 amide bonds. The number of nitrogens with zero attached hydrogens (tertiary/aromatic N) is 2. The Bertz CT molecular complexity index is 716. The predicted molar refractivity (Wildman–Crippen MR) is 78.0 cm³/mol. The van der Waals surface area contributed by atoms with E-state index in [4.69, 9.17) is 0 Å². The monoisotopic (exact) mass is 315 g/mol. The average Bonchev–Trinajstić information content (AvgIpc) is 2.54. The number of rotatable bonds is 4. The summed E-state index contributed by atoms with van der Waals surface area (Å²) in [6, 6.07) is 9.45. The Labute approximate surface area is 128 Å². The molecule has 9 nitrogen and oxygen atoms in total. The number of nitrogens with one attached hydrogen (secondary N) is 1. The second-order valence-electron chi connectivity index (χ2n) is 4.39. The molecule has 0 atom stereocenters. The predicted octanol–water partition coefficient (Wildman–Crippen LogP) is 2.07. The lowest BCUT2D eigenvalue weighted by Gasteiger charge is -2.04. The largest absolute Gasteiger partial charge is 0.288 e. The molecule has 0 fully saturated rings. The van der Waals surface area contributed by atoms with Gasteiger partial charge in [0.1, 0.15) is 0 Å². The number of carbonyl (C=O) groups is 2. The van der Waals surface area contributed by atoms with Crippen molar-refractivity contribution < 1.29 is 19.4 Å². The first-order valence-corrected chi connectivity index (χ1v) is 6.23. The van der Waals surface area contributed by atoms with Crippen LogP contribution in [0.2, 0.25) is 0 Å². The normalized spacial score (nSPS) is 9.91. The lowest BCUT2D eigenvalue weighted by Crippen LogP contribution is -2.30. The molecule has 23 heavy (non-hydrogen) atoms. The average molecular weight is 315 g/mol. The number of hydrogen-bond donors (Lipinski definition) is 1. The molecule has 0 heterocycles. The topological polar surface area (TPSA) is 132 Å². The summed E-state index contributed by atoms with van der Waals surface area (Å²) in [4.78, 5) is 43.6. The summed E-state index contributed by atoms with van der Waals surface area (Å²) in [5.74, 6) is -1.47. The van der Waals surface area contributed by atoms with E-state index in [9.17, 15) is 29.8 Å². The number of amides is 2. The molecule has 0 radical (unpaired) electrons. The Morgan fingerprint density at radius 1 is 0.696 bits per heavy atom. The number of hydrogen-bond acceptors (Lipinski definition) is 6. The molecule has 9 heteroatoms. The summed E-state index contributed by atoms with van der Waals surface area (Å²) in [6.07, 6.45) is 0. The maximum absolute atomic E-state index is 11.9. The van der Waals surface area contributed by atoms with Gasteiger partial charge in [-0.15, -0.1) is 0 Å². The van der Waals surface area contributed by atoms with Crippen LogP contribution in [0.3, 0.4) is 0 Å². The van der Waals surface area contributed by atoms with Crippen LogP contribution in [-0.2, 0) is 0 Å². The van der Waals surface area contributed by atoms with E-state index in [1.165, 1.54) is 24.3 Å². The second kappa shape index (κ2) is 6.43. The van der Waals surface area contributed by atoms with Crippen molar-refractivity contribution in [3.8, 4) is 0 Å². The number of benzene rings is 2. The molecular formula is C14H9N3O6. The van der Waals surface area contributed by atoms with Gasteiger partial charge in [-0.25, -0.2) is 0 Å². The minimum Gasteiger partial charge on any atom is -0.288 e. The van der Waals surface area contributed by atoms with Gasteiger partial charge in [-0.05, 0) is 24.3 Å². The highest BCUT2D eigenvalue weighted by Gasteiger charge is 2.15. The van der Waals surface area contributed by atoms with Crippen molar-refractivity contribution >= 4 is 23.2 Å². The molecule has 0 saturated carbocycles. The molecule has 0 aliphatic heterocycles. The molecule has 0 aliphatic carbocycles. The van der Waals surface area contributed by atoms with E-state index in [0.29, 0.717) is 0 Å². The summed E-state index contributed by atoms with van der Waals surface area (Å²) in [5, 5.41) is 23.1. The fourth-order valence-electron chi connectivity index (χ4n) is 1.72. The molecular weight excluding hydrogens is 306 g/mol. The van der Waals surface area contributed by atoms with Crippen molar-refractivity contribution in [2.45, 2.75) is 0 Å². The third-order valence-electron chi connectivity index (χ3n) is 2.91. The fraction of sp³-hybridized carbons (Fsp3) is 0. The molecule has 0 spiro atoms. The van der Waals surface area contributed by atoms with Gasteiger partial charge in [0.2, 0.25) is 0 Å². The van der Waals surface area contributed by atoms with Crippen molar-refractivity contribution in [1.29, 1.82) is 0 Å². The first-order valence-electron chi connectivity index (χ1n) is 6.23. The standard InChI is InChI=1S/C14H9N3O6/c18-13(9-1-5-11(6-2-9)16(20)21)15-14(19)10-3-7-12(8-4-10)17(22)23/h1-8H,(H,15,18,19). The summed E-state index contributed by atoms with van der Waals surface area (Å²) in [7, 11) is 0. The van der Waals surface area contributed by atoms with Crippen LogP contribution in [0.1, 0.15) is 20.7 Å². The van der Waals surface area contributed by atoms with E-state index in [1.54, 1.807) is 0 Å². The van der Waals surface area contributed by atoms with Crippen molar-refractivity contribution in [3.05, 3.63) is 79.9 Å². The summed E-state index contributed by atoms with van der Waals surface area (Å²) in [5.41, 5.74) is -0.205. The number of nitro benzene ring substituents is 2. The zero-order valence-electron chi connectivity index (χ0n) is 11.5. The SMILES string of the molecule is O=C(NC(=O)c1ccc([N+](=O)[O-])cc1)c1ccc([N+](=O)[O-])cc1. The minimum atomic E-state index is -0.733. The quantitative estimate of drug-likeness (QED) is 0.521. The van der Waals surface area contributed by atoms with E-state index >= 15 is 0 Å². The van der Waals surface area contributed by atoms with Crippen LogP contribution in [0.25, 0.3) is 0 Å². The first kappa shape index (κ1) is 15.8. The molecule has 2 aromatic rings.